The number of carbonyl (C=O) groups is 2. The summed E-state index contributed by atoms with van der Waals surface area (Å²) in [5.41, 5.74) is 0. The van der Waals surface area contributed by atoms with Crippen LogP contribution in [0.3, 0.4) is 0 Å². The van der Waals surface area contributed by atoms with Crippen molar-refractivity contribution >= 4 is 11.8 Å². The van der Waals surface area contributed by atoms with Crippen LogP contribution in [0.15, 0.2) is 0 Å². The molecular formula is C10H16N2O4. The minimum atomic E-state index is -0.400. The third kappa shape index (κ3) is 2.40. The summed E-state index contributed by atoms with van der Waals surface area (Å²) < 4.78 is 10.7. The van der Waals surface area contributed by atoms with Crippen molar-refractivity contribution in [1.29, 1.82) is 0 Å². The minimum Gasteiger partial charge on any atom is -0.376 e. The summed E-state index contributed by atoms with van der Waals surface area (Å²) in [6.07, 6.45) is 0.214. The van der Waals surface area contributed by atoms with E-state index in [1.54, 1.807) is 0 Å². The lowest BCUT2D eigenvalue weighted by atomic mass is 10.2. The summed E-state index contributed by atoms with van der Waals surface area (Å²) in [7, 11) is 1.51. The van der Waals surface area contributed by atoms with E-state index in [1.807, 2.05) is 0 Å². The Morgan fingerprint density at radius 3 is 2.81 bits per heavy atom. The zero-order chi connectivity index (χ0) is 11.5. The second-order valence-corrected chi connectivity index (χ2v) is 4.02. The molecule has 2 saturated heterocycles. The Labute approximate surface area is 93.9 Å². The monoisotopic (exact) mass is 228 g/mol. The lowest BCUT2D eigenvalue weighted by molar-refractivity contribution is -0.137. The first kappa shape index (κ1) is 11.5. The van der Waals surface area contributed by atoms with E-state index in [0.29, 0.717) is 26.4 Å². The van der Waals surface area contributed by atoms with E-state index in [2.05, 4.69) is 5.32 Å². The summed E-state index contributed by atoms with van der Waals surface area (Å²) in [4.78, 5) is 24.0. The molecule has 0 aromatic rings. The van der Waals surface area contributed by atoms with E-state index in [9.17, 15) is 9.59 Å². The number of nitrogens with one attached hydrogen (secondary N) is 1. The molecule has 0 aliphatic carbocycles. The van der Waals surface area contributed by atoms with E-state index in [1.165, 1.54) is 7.05 Å². The van der Waals surface area contributed by atoms with Gasteiger partial charge in [0.1, 0.15) is 0 Å². The standard InChI is InChI=1S/C10H16N2O4/c1-12-9(13)4-8(10(12)14)11-5-7-6-15-2-3-16-7/h7-8,11H,2-6H2,1H3. The Morgan fingerprint density at radius 1 is 1.44 bits per heavy atom. The molecule has 2 unspecified atom stereocenters. The fraction of sp³-hybridized carbons (Fsp3) is 0.800. The summed E-state index contributed by atoms with van der Waals surface area (Å²) in [6.45, 7) is 2.29. The summed E-state index contributed by atoms with van der Waals surface area (Å²) >= 11 is 0. The summed E-state index contributed by atoms with van der Waals surface area (Å²) in [5, 5.41) is 3.04. The molecule has 2 aliphatic rings. The van der Waals surface area contributed by atoms with Crippen molar-refractivity contribution in [2.45, 2.75) is 18.6 Å². The zero-order valence-electron chi connectivity index (χ0n) is 9.27. The molecule has 2 fully saturated rings. The molecule has 2 aliphatic heterocycles. The third-order valence-corrected chi connectivity index (χ3v) is 2.86. The van der Waals surface area contributed by atoms with Gasteiger partial charge in [0, 0.05) is 13.6 Å². The molecule has 0 aromatic carbocycles. The van der Waals surface area contributed by atoms with Gasteiger partial charge in [-0.05, 0) is 0 Å². The lowest BCUT2D eigenvalue weighted by Gasteiger charge is -2.24. The highest BCUT2D eigenvalue weighted by molar-refractivity contribution is 6.05. The quantitative estimate of drug-likeness (QED) is 0.611. The van der Waals surface area contributed by atoms with Gasteiger partial charge in [-0.3, -0.25) is 14.5 Å². The molecular weight excluding hydrogens is 212 g/mol. The van der Waals surface area contributed by atoms with Crippen LogP contribution in [0.2, 0.25) is 0 Å². The number of hydrogen-bond acceptors (Lipinski definition) is 5. The fourth-order valence-corrected chi connectivity index (χ4v) is 1.84. The van der Waals surface area contributed by atoms with Crippen LogP contribution < -0.4 is 5.32 Å². The van der Waals surface area contributed by atoms with Crippen LogP contribution in [0.1, 0.15) is 6.42 Å². The molecule has 2 rings (SSSR count). The summed E-state index contributed by atoms with van der Waals surface area (Å²) in [5.74, 6) is -0.301. The molecule has 0 spiro atoms. The number of likely N-dealkylation sites (N-methyl/N-ethyl adjacent to an activating group) is 1. The molecule has 0 bridgehead atoms. The minimum absolute atomic E-state index is 0.0254. The highest BCUT2D eigenvalue weighted by Crippen LogP contribution is 2.10. The van der Waals surface area contributed by atoms with Crippen LogP contribution in [-0.2, 0) is 19.1 Å². The van der Waals surface area contributed by atoms with Gasteiger partial charge in [0.25, 0.3) is 0 Å². The largest absolute Gasteiger partial charge is 0.376 e. The first-order valence-corrected chi connectivity index (χ1v) is 5.41. The molecule has 90 valence electrons. The first-order valence-electron chi connectivity index (χ1n) is 5.41. The van der Waals surface area contributed by atoms with Crippen LogP contribution in [-0.4, -0.2) is 62.3 Å². The molecule has 16 heavy (non-hydrogen) atoms. The Hall–Kier alpha value is -0.980. The lowest BCUT2D eigenvalue weighted by Crippen LogP contribution is -2.44. The van der Waals surface area contributed by atoms with Gasteiger partial charge >= 0.3 is 0 Å². The third-order valence-electron chi connectivity index (χ3n) is 2.86. The van der Waals surface area contributed by atoms with E-state index in [-0.39, 0.29) is 24.3 Å². The number of carbonyl (C=O) groups excluding carboxylic acids is 2. The highest BCUT2D eigenvalue weighted by Gasteiger charge is 2.36. The highest BCUT2D eigenvalue weighted by atomic mass is 16.6. The average molecular weight is 228 g/mol. The molecule has 2 heterocycles. The predicted octanol–water partition coefficient (Wildman–Crippen LogP) is -1.25. The van der Waals surface area contributed by atoms with Crippen molar-refractivity contribution in [1.82, 2.24) is 10.2 Å². The van der Waals surface area contributed by atoms with Crippen LogP contribution in [0.25, 0.3) is 0 Å². The van der Waals surface area contributed by atoms with Gasteiger partial charge in [0.2, 0.25) is 11.8 Å². The van der Waals surface area contributed by atoms with E-state index in [4.69, 9.17) is 9.47 Å². The number of imide groups is 1. The molecule has 0 radical (unpaired) electrons. The number of likely N-dealkylation sites (tertiary alicyclic amines) is 1. The fourth-order valence-electron chi connectivity index (χ4n) is 1.84. The van der Waals surface area contributed by atoms with Crippen molar-refractivity contribution in [2.75, 3.05) is 33.4 Å². The topological polar surface area (TPSA) is 67.9 Å². The van der Waals surface area contributed by atoms with Crippen molar-refractivity contribution in [2.24, 2.45) is 0 Å². The molecule has 6 heteroatoms. The van der Waals surface area contributed by atoms with Gasteiger partial charge in [-0.1, -0.05) is 0 Å². The molecule has 0 saturated carbocycles. The molecule has 2 atom stereocenters. The average Bonchev–Trinajstić information content (AvgIpc) is 2.56. The van der Waals surface area contributed by atoms with Gasteiger partial charge in [-0.15, -0.1) is 0 Å². The first-order chi connectivity index (χ1) is 7.68. The molecule has 6 nitrogen and oxygen atoms in total. The number of amides is 2. The van der Waals surface area contributed by atoms with E-state index >= 15 is 0 Å². The molecule has 0 aromatic heterocycles. The van der Waals surface area contributed by atoms with Gasteiger partial charge < -0.3 is 14.8 Å². The van der Waals surface area contributed by atoms with Gasteiger partial charge in [-0.25, -0.2) is 0 Å². The Bertz CT molecular complexity index is 289. The SMILES string of the molecule is CN1C(=O)CC(NCC2COCCO2)C1=O. The van der Waals surface area contributed by atoms with Crippen molar-refractivity contribution in [3.8, 4) is 0 Å². The van der Waals surface area contributed by atoms with Gasteiger partial charge in [-0.2, -0.15) is 0 Å². The van der Waals surface area contributed by atoms with Crippen molar-refractivity contribution < 1.29 is 19.1 Å². The molecule has 1 N–H and O–H groups in total. The number of hydrogen-bond donors (Lipinski definition) is 1. The number of ether oxygens (including phenoxy) is 2. The normalized spacial score (nSPS) is 31.2. The van der Waals surface area contributed by atoms with E-state index in [0.717, 1.165) is 4.90 Å². The van der Waals surface area contributed by atoms with Crippen LogP contribution in [0.5, 0.6) is 0 Å². The molecule has 2 amide bonds. The van der Waals surface area contributed by atoms with Crippen LogP contribution >= 0.6 is 0 Å². The maximum Gasteiger partial charge on any atom is 0.246 e. The summed E-state index contributed by atoms with van der Waals surface area (Å²) in [6, 6.07) is -0.400. The maximum absolute atomic E-state index is 11.6. The van der Waals surface area contributed by atoms with Crippen molar-refractivity contribution in [3.63, 3.8) is 0 Å². The Morgan fingerprint density at radius 2 is 2.25 bits per heavy atom. The number of nitrogens with zero attached hydrogens (tertiary/aromatic N) is 1. The van der Waals surface area contributed by atoms with Crippen LogP contribution in [0, 0.1) is 0 Å². The van der Waals surface area contributed by atoms with Gasteiger partial charge in [0.05, 0.1) is 38.4 Å². The van der Waals surface area contributed by atoms with Crippen LogP contribution in [0.4, 0.5) is 0 Å². The predicted molar refractivity (Wildman–Crippen MR) is 54.7 cm³/mol. The maximum atomic E-state index is 11.6. The number of rotatable bonds is 3. The second-order valence-electron chi connectivity index (χ2n) is 4.02. The Kier molecular flexibility index (Phi) is 3.52. The smallest absolute Gasteiger partial charge is 0.246 e. The van der Waals surface area contributed by atoms with E-state index < -0.39 is 6.04 Å². The zero-order valence-corrected chi connectivity index (χ0v) is 9.27. The Balaban J connectivity index is 1.77. The van der Waals surface area contributed by atoms with Gasteiger partial charge in [0.15, 0.2) is 0 Å². The second kappa shape index (κ2) is 4.90. The van der Waals surface area contributed by atoms with Crippen molar-refractivity contribution in [3.05, 3.63) is 0 Å².